The molecule has 5 heteroatoms. The summed E-state index contributed by atoms with van der Waals surface area (Å²) in [5.41, 5.74) is 0.0842. The fourth-order valence-electron chi connectivity index (χ4n) is 2.40. The topological polar surface area (TPSA) is 52.8 Å². The normalized spacial score (nSPS) is 26.6. The molecule has 0 bridgehead atoms. The number of hydrogen-bond acceptors (Lipinski definition) is 5. The molecule has 0 saturated carbocycles. The van der Waals surface area contributed by atoms with Gasteiger partial charge in [0.1, 0.15) is 12.2 Å². The van der Waals surface area contributed by atoms with Crippen molar-refractivity contribution < 1.29 is 23.7 Å². The maximum absolute atomic E-state index is 5.87. The van der Waals surface area contributed by atoms with E-state index in [4.69, 9.17) is 23.7 Å². The van der Waals surface area contributed by atoms with Crippen LogP contribution < -0.4 is 0 Å². The Kier molecular flexibility index (Phi) is 7.40. The smallest absolute Gasteiger partial charge is 0.104 e. The van der Waals surface area contributed by atoms with Crippen LogP contribution in [-0.4, -0.2) is 65.1 Å². The molecule has 0 aliphatic carbocycles. The Hall–Kier alpha value is -0.200. The average Bonchev–Trinajstić information content (AvgIpc) is 3.37. The van der Waals surface area contributed by atoms with Gasteiger partial charge < -0.3 is 23.7 Å². The van der Waals surface area contributed by atoms with Crippen molar-refractivity contribution in [2.75, 3.05) is 52.9 Å². The second-order valence-corrected chi connectivity index (χ2v) is 6.09. The van der Waals surface area contributed by atoms with Crippen LogP contribution in [0.25, 0.3) is 0 Å². The second kappa shape index (κ2) is 9.06. The minimum absolute atomic E-state index is 0.0842. The molecule has 3 atom stereocenters. The molecule has 0 radical (unpaired) electrons. The van der Waals surface area contributed by atoms with E-state index in [9.17, 15) is 0 Å². The lowest BCUT2D eigenvalue weighted by atomic mass is 9.82. The first kappa shape index (κ1) is 17.2. The lowest BCUT2D eigenvalue weighted by molar-refractivity contribution is -0.0390. The summed E-state index contributed by atoms with van der Waals surface area (Å²) in [4.78, 5) is 0. The van der Waals surface area contributed by atoms with Gasteiger partial charge in [-0.3, -0.25) is 0 Å². The van der Waals surface area contributed by atoms with E-state index in [0.29, 0.717) is 25.4 Å². The zero-order valence-electron chi connectivity index (χ0n) is 13.5. The van der Waals surface area contributed by atoms with E-state index >= 15 is 0 Å². The molecular formula is C16H30O5. The molecule has 0 spiro atoms. The summed E-state index contributed by atoms with van der Waals surface area (Å²) < 4.78 is 27.6. The molecule has 0 N–H and O–H groups in total. The minimum atomic E-state index is 0.0842. The molecule has 2 aliphatic rings. The van der Waals surface area contributed by atoms with E-state index in [1.807, 2.05) is 6.92 Å². The molecule has 5 nitrogen and oxygen atoms in total. The molecule has 0 aromatic carbocycles. The van der Waals surface area contributed by atoms with E-state index in [1.165, 1.54) is 0 Å². The fraction of sp³-hybridized carbons (Fsp3) is 1.00. The highest BCUT2D eigenvalue weighted by atomic mass is 16.6. The van der Waals surface area contributed by atoms with Crippen LogP contribution in [0.15, 0.2) is 0 Å². The van der Waals surface area contributed by atoms with E-state index in [1.54, 1.807) is 0 Å². The van der Waals surface area contributed by atoms with Crippen molar-refractivity contribution in [2.45, 2.75) is 45.3 Å². The minimum Gasteiger partial charge on any atom is -0.382 e. The standard InChI is InChI=1S/C16H30O5/c1-3-16(6-5-7-17-4-2,12-18-8-14-10-20-14)13-19-9-15-11-21-15/h14-15H,3-13H2,1-2H3/t14-,15+,16?. The van der Waals surface area contributed by atoms with Gasteiger partial charge in [-0.2, -0.15) is 0 Å². The Bertz CT molecular complexity index is 258. The monoisotopic (exact) mass is 302 g/mol. The van der Waals surface area contributed by atoms with Crippen LogP contribution in [0.2, 0.25) is 0 Å². The molecule has 2 fully saturated rings. The molecule has 2 rings (SSSR count). The van der Waals surface area contributed by atoms with Crippen molar-refractivity contribution >= 4 is 0 Å². The van der Waals surface area contributed by atoms with Gasteiger partial charge in [0.25, 0.3) is 0 Å². The van der Waals surface area contributed by atoms with Gasteiger partial charge in [-0.05, 0) is 26.2 Å². The van der Waals surface area contributed by atoms with Crippen molar-refractivity contribution in [3.8, 4) is 0 Å². The number of rotatable bonds is 14. The number of hydrogen-bond donors (Lipinski definition) is 0. The highest BCUT2D eigenvalue weighted by Crippen LogP contribution is 2.30. The third kappa shape index (κ3) is 7.06. The van der Waals surface area contributed by atoms with Gasteiger partial charge in [-0.15, -0.1) is 0 Å². The van der Waals surface area contributed by atoms with Crippen molar-refractivity contribution in [2.24, 2.45) is 5.41 Å². The zero-order valence-corrected chi connectivity index (χ0v) is 13.5. The predicted octanol–water partition coefficient (Wildman–Crippen LogP) is 2.03. The second-order valence-electron chi connectivity index (χ2n) is 6.09. The van der Waals surface area contributed by atoms with Crippen molar-refractivity contribution in [1.29, 1.82) is 0 Å². The molecule has 0 aromatic rings. The summed E-state index contributed by atoms with van der Waals surface area (Å²) in [6.07, 6.45) is 3.82. The summed E-state index contributed by atoms with van der Waals surface area (Å²) in [7, 11) is 0. The van der Waals surface area contributed by atoms with Crippen LogP contribution in [0.4, 0.5) is 0 Å². The summed E-state index contributed by atoms with van der Waals surface area (Å²) in [6.45, 7) is 10.4. The van der Waals surface area contributed by atoms with Crippen LogP contribution in [0.3, 0.4) is 0 Å². The molecular weight excluding hydrogens is 272 g/mol. The molecule has 0 amide bonds. The van der Waals surface area contributed by atoms with Gasteiger partial charge in [0.2, 0.25) is 0 Å². The third-order valence-corrected chi connectivity index (χ3v) is 4.18. The third-order valence-electron chi connectivity index (χ3n) is 4.18. The highest BCUT2D eigenvalue weighted by Gasteiger charge is 2.32. The van der Waals surface area contributed by atoms with Crippen molar-refractivity contribution in [3.63, 3.8) is 0 Å². The van der Waals surface area contributed by atoms with Gasteiger partial charge in [0, 0.05) is 18.6 Å². The quantitative estimate of drug-likeness (QED) is 0.363. The molecule has 2 saturated heterocycles. The van der Waals surface area contributed by atoms with Gasteiger partial charge in [0.05, 0.1) is 39.6 Å². The van der Waals surface area contributed by atoms with Crippen LogP contribution in [-0.2, 0) is 23.7 Å². The molecule has 1 unspecified atom stereocenters. The fourth-order valence-corrected chi connectivity index (χ4v) is 2.40. The maximum atomic E-state index is 5.87. The van der Waals surface area contributed by atoms with E-state index in [2.05, 4.69) is 6.92 Å². The SMILES string of the molecule is CCOCCCC(CC)(COC[C@@H]1CO1)COC[C@H]1CO1. The lowest BCUT2D eigenvalue weighted by Crippen LogP contribution is -2.33. The van der Waals surface area contributed by atoms with Gasteiger partial charge in [-0.25, -0.2) is 0 Å². The zero-order chi connectivity index (χ0) is 15.0. The summed E-state index contributed by atoms with van der Waals surface area (Å²) >= 11 is 0. The summed E-state index contributed by atoms with van der Waals surface area (Å²) in [5.74, 6) is 0. The molecule has 124 valence electrons. The Morgan fingerprint density at radius 2 is 1.52 bits per heavy atom. The van der Waals surface area contributed by atoms with E-state index in [-0.39, 0.29) is 5.41 Å². The summed E-state index contributed by atoms with van der Waals surface area (Å²) in [6, 6.07) is 0. The Labute approximate surface area is 128 Å². The van der Waals surface area contributed by atoms with Gasteiger partial charge >= 0.3 is 0 Å². The van der Waals surface area contributed by atoms with Crippen LogP contribution >= 0.6 is 0 Å². The Morgan fingerprint density at radius 3 is 1.95 bits per heavy atom. The first-order valence-corrected chi connectivity index (χ1v) is 8.24. The molecule has 21 heavy (non-hydrogen) atoms. The molecule has 0 aromatic heterocycles. The molecule has 2 heterocycles. The number of ether oxygens (including phenoxy) is 5. The highest BCUT2D eigenvalue weighted by molar-refractivity contribution is 4.80. The van der Waals surface area contributed by atoms with Crippen LogP contribution in [0.1, 0.15) is 33.1 Å². The first-order valence-electron chi connectivity index (χ1n) is 8.24. The van der Waals surface area contributed by atoms with Crippen molar-refractivity contribution in [1.82, 2.24) is 0 Å². The van der Waals surface area contributed by atoms with E-state index < -0.39 is 0 Å². The number of epoxide rings is 2. The largest absolute Gasteiger partial charge is 0.382 e. The molecule has 2 aliphatic heterocycles. The Balaban J connectivity index is 1.71. The summed E-state index contributed by atoms with van der Waals surface area (Å²) in [5, 5.41) is 0. The average molecular weight is 302 g/mol. The van der Waals surface area contributed by atoms with Crippen LogP contribution in [0.5, 0.6) is 0 Å². The van der Waals surface area contributed by atoms with Gasteiger partial charge in [0.15, 0.2) is 0 Å². The first-order chi connectivity index (χ1) is 10.3. The maximum Gasteiger partial charge on any atom is 0.104 e. The Morgan fingerprint density at radius 1 is 0.952 bits per heavy atom. The van der Waals surface area contributed by atoms with Crippen LogP contribution in [0, 0.1) is 5.41 Å². The van der Waals surface area contributed by atoms with E-state index in [0.717, 1.165) is 58.9 Å². The van der Waals surface area contributed by atoms with Crippen molar-refractivity contribution in [3.05, 3.63) is 0 Å². The lowest BCUT2D eigenvalue weighted by Gasteiger charge is -2.32. The van der Waals surface area contributed by atoms with Gasteiger partial charge in [-0.1, -0.05) is 6.92 Å². The predicted molar refractivity (Wildman–Crippen MR) is 79.6 cm³/mol.